The summed E-state index contributed by atoms with van der Waals surface area (Å²) in [5.74, 6) is 0.630. The monoisotopic (exact) mass is 572 g/mol. The molecule has 0 atom stereocenters. The molecule has 0 spiro atoms. The molecule has 1 N–H and O–H groups in total. The third kappa shape index (κ3) is 7.90. The first kappa shape index (κ1) is 30.6. The number of aryl methyl sites for hydroxylation is 1. The number of furan rings is 1. The zero-order chi connectivity index (χ0) is 30.4. The van der Waals surface area contributed by atoms with Crippen molar-refractivity contribution in [2.75, 3.05) is 6.61 Å². The lowest BCUT2D eigenvalue weighted by molar-refractivity contribution is 0.0487. The maximum Gasteiger partial charge on any atom is 0.407 e. The van der Waals surface area contributed by atoms with E-state index in [1.165, 1.54) is 6.26 Å². The lowest BCUT2D eigenvalue weighted by atomic mass is 9.91. The van der Waals surface area contributed by atoms with Crippen LogP contribution in [0.25, 0.3) is 22.0 Å². The van der Waals surface area contributed by atoms with Gasteiger partial charge in [0.2, 0.25) is 5.76 Å². The molecule has 2 aromatic heterocycles. The maximum absolute atomic E-state index is 12.7. The Morgan fingerprint density at radius 1 is 1.05 bits per heavy atom. The summed E-state index contributed by atoms with van der Waals surface area (Å²) in [7, 11) is 0. The third-order valence-electron chi connectivity index (χ3n) is 6.43. The average molecular weight is 573 g/mol. The zero-order valence-electron chi connectivity index (χ0n) is 25.5. The first-order valence-corrected chi connectivity index (χ1v) is 14.3. The molecular weight excluding hydrogens is 532 g/mol. The van der Waals surface area contributed by atoms with Gasteiger partial charge in [-0.05, 0) is 82.3 Å². The Balaban J connectivity index is 1.75. The first-order valence-electron chi connectivity index (χ1n) is 14.3. The first-order chi connectivity index (χ1) is 19.9. The van der Waals surface area contributed by atoms with Gasteiger partial charge in [-0.1, -0.05) is 43.7 Å². The topological polar surface area (TPSA) is 99.9 Å². The van der Waals surface area contributed by atoms with Gasteiger partial charge in [0.25, 0.3) is 0 Å². The van der Waals surface area contributed by atoms with Gasteiger partial charge in [-0.25, -0.2) is 9.59 Å². The minimum absolute atomic E-state index is 0.139. The molecule has 4 aromatic rings. The van der Waals surface area contributed by atoms with Crippen LogP contribution in [0.4, 0.5) is 4.79 Å². The van der Waals surface area contributed by atoms with Gasteiger partial charge < -0.3 is 23.9 Å². The molecule has 0 fully saturated rings. The summed E-state index contributed by atoms with van der Waals surface area (Å²) in [6.07, 6.45) is 1.76. The van der Waals surface area contributed by atoms with Gasteiger partial charge in [-0.3, -0.25) is 4.98 Å². The number of alkyl carbamates (subject to hydrolysis) is 1. The molecule has 0 aliphatic carbocycles. The van der Waals surface area contributed by atoms with Crippen LogP contribution in [0.1, 0.15) is 74.5 Å². The Bertz CT molecular complexity index is 1550. The highest BCUT2D eigenvalue weighted by molar-refractivity contribution is 5.97. The number of nitrogens with zero attached hydrogens (tertiary/aromatic N) is 1. The van der Waals surface area contributed by atoms with Gasteiger partial charge in [0.1, 0.15) is 18.0 Å². The Morgan fingerprint density at radius 2 is 1.79 bits per heavy atom. The number of benzene rings is 2. The molecule has 0 saturated heterocycles. The smallest absolute Gasteiger partial charge is 0.407 e. The van der Waals surface area contributed by atoms with Gasteiger partial charge in [-0.2, -0.15) is 0 Å². The Kier molecular flexibility index (Phi) is 9.55. The molecular formula is C34H40N2O6. The molecule has 0 radical (unpaired) electrons. The highest BCUT2D eigenvalue weighted by Crippen LogP contribution is 2.36. The third-order valence-corrected chi connectivity index (χ3v) is 6.43. The number of nitrogens with one attached hydrogen (secondary N) is 1. The van der Waals surface area contributed by atoms with E-state index in [0.717, 1.165) is 45.3 Å². The van der Waals surface area contributed by atoms with E-state index in [1.807, 2.05) is 39.0 Å². The number of fused-ring (bicyclic) bond motifs is 1. The molecule has 8 heteroatoms. The number of esters is 1. The standard InChI is InChI=1S/C34H40N2O6/c1-8-39-32(37)30-16-23(20-41-30)19-40-25-13-14-28-26(17-25)31(24-11-9-22(4)10-12-24)27(29(36-28)15-21(2)3)18-35-33(38)42-34(5,6)7/h9-14,16-17,20-21H,8,15,18-19H2,1-7H3,(H,35,38). The Hall–Kier alpha value is -4.33. The summed E-state index contributed by atoms with van der Waals surface area (Å²) >= 11 is 0. The van der Waals surface area contributed by atoms with E-state index in [1.54, 1.807) is 13.0 Å². The van der Waals surface area contributed by atoms with Crippen molar-refractivity contribution < 1.29 is 28.2 Å². The summed E-state index contributed by atoms with van der Waals surface area (Å²) in [6.45, 7) is 14.4. The van der Waals surface area contributed by atoms with Crippen LogP contribution in [0.5, 0.6) is 5.75 Å². The fourth-order valence-corrected chi connectivity index (χ4v) is 4.62. The van der Waals surface area contributed by atoms with Crippen LogP contribution in [0, 0.1) is 12.8 Å². The number of pyridine rings is 1. The molecule has 8 nitrogen and oxygen atoms in total. The van der Waals surface area contributed by atoms with Crippen LogP contribution in [0.15, 0.2) is 59.2 Å². The van der Waals surface area contributed by atoms with E-state index in [2.05, 4.69) is 50.4 Å². The van der Waals surface area contributed by atoms with Crippen LogP contribution in [-0.2, 0) is 29.0 Å². The largest absolute Gasteiger partial charge is 0.489 e. The van der Waals surface area contributed by atoms with Crippen LogP contribution < -0.4 is 10.1 Å². The predicted molar refractivity (Wildman–Crippen MR) is 163 cm³/mol. The summed E-state index contributed by atoms with van der Waals surface area (Å²) < 4.78 is 22.0. The normalized spacial score (nSPS) is 11.5. The lowest BCUT2D eigenvalue weighted by Gasteiger charge is -2.22. The minimum Gasteiger partial charge on any atom is -0.489 e. The molecule has 0 unspecified atom stereocenters. The SMILES string of the molecule is CCOC(=O)c1cc(COc2ccc3nc(CC(C)C)c(CNC(=O)OC(C)(C)C)c(-c4ccc(C)cc4)c3c2)co1. The second-order valence-corrected chi connectivity index (χ2v) is 11.7. The van der Waals surface area contributed by atoms with Gasteiger partial charge in [-0.15, -0.1) is 0 Å². The number of carbonyl (C=O) groups excluding carboxylic acids is 2. The fraction of sp³-hybridized carbons (Fsp3) is 0.382. The van der Waals surface area contributed by atoms with Crippen LogP contribution in [0.3, 0.4) is 0 Å². The van der Waals surface area contributed by atoms with E-state index in [4.69, 9.17) is 23.6 Å². The highest BCUT2D eigenvalue weighted by Gasteiger charge is 2.21. The average Bonchev–Trinajstić information content (AvgIpc) is 3.39. The van der Waals surface area contributed by atoms with Crippen molar-refractivity contribution in [1.29, 1.82) is 0 Å². The number of carbonyl (C=O) groups is 2. The second-order valence-electron chi connectivity index (χ2n) is 11.7. The summed E-state index contributed by atoms with van der Waals surface area (Å²) in [5.41, 5.74) is 5.98. The van der Waals surface area contributed by atoms with E-state index >= 15 is 0 Å². The summed E-state index contributed by atoms with van der Waals surface area (Å²) in [4.78, 5) is 29.7. The minimum atomic E-state index is -0.607. The number of hydrogen-bond acceptors (Lipinski definition) is 7. The van der Waals surface area contributed by atoms with Gasteiger partial charge in [0.15, 0.2) is 0 Å². The predicted octanol–water partition coefficient (Wildman–Crippen LogP) is 7.78. The molecule has 0 saturated carbocycles. The van der Waals surface area contributed by atoms with Gasteiger partial charge >= 0.3 is 12.1 Å². The molecule has 1 amide bonds. The van der Waals surface area contributed by atoms with Crippen molar-refractivity contribution in [2.24, 2.45) is 5.92 Å². The van der Waals surface area contributed by atoms with Gasteiger partial charge in [0, 0.05) is 28.8 Å². The molecule has 42 heavy (non-hydrogen) atoms. The fourth-order valence-electron chi connectivity index (χ4n) is 4.62. The molecule has 0 bridgehead atoms. The number of rotatable bonds is 10. The number of amides is 1. The van der Waals surface area contributed by atoms with Gasteiger partial charge in [0.05, 0.1) is 18.4 Å². The molecule has 2 aromatic carbocycles. The molecule has 4 rings (SSSR count). The van der Waals surface area contributed by atoms with E-state index in [-0.39, 0.29) is 25.5 Å². The van der Waals surface area contributed by atoms with E-state index in [0.29, 0.717) is 17.2 Å². The zero-order valence-corrected chi connectivity index (χ0v) is 25.5. The lowest BCUT2D eigenvalue weighted by Crippen LogP contribution is -2.32. The molecule has 0 aliphatic heterocycles. The highest BCUT2D eigenvalue weighted by atomic mass is 16.6. The van der Waals surface area contributed by atoms with Crippen LogP contribution in [-0.4, -0.2) is 29.3 Å². The molecule has 2 heterocycles. The van der Waals surface area contributed by atoms with Crippen molar-refractivity contribution in [2.45, 2.75) is 73.6 Å². The summed E-state index contributed by atoms with van der Waals surface area (Å²) in [6, 6.07) is 15.8. The van der Waals surface area contributed by atoms with E-state index < -0.39 is 17.7 Å². The summed E-state index contributed by atoms with van der Waals surface area (Å²) in [5, 5.41) is 3.86. The quantitative estimate of drug-likeness (QED) is 0.194. The molecule has 222 valence electrons. The number of aromatic nitrogens is 1. The van der Waals surface area contributed by atoms with Crippen molar-refractivity contribution in [3.8, 4) is 16.9 Å². The Morgan fingerprint density at radius 3 is 2.45 bits per heavy atom. The molecule has 0 aliphatic rings. The van der Waals surface area contributed by atoms with E-state index in [9.17, 15) is 9.59 Å². The Labute approximate surface area is 247 Å². The van der Waals surface area contributed by atoms with Crippen LogP contribution in [0.2, 0.25) is 0 Å². The van der Waals surface area contributed by atoms with Crippen LogP contribution >= 0.6 is 0 Å². The van der Waals surface area contributed by atoms with Crippen molar-refractivity contribution >= 4 is 23.0 Å². The second kappa shape index (κ2) is 13.1. The van der Waals surface area contributed by atoms with Crippen molar-refractivity contribution in [1.82, 2.24) is 10.3 Å². The van der Waals surface area contributed by atoms with Crippen molar-refractivity contribution in [3.05, 3.63) is 82.9 Å². The van der Waals surface area contributed by atoms with Crippen molar-refractivity contribution in [3.63, 3.8) is 0 Å². The number of ether oxygens (including phenoxy) is 3. The maximum atomic E-state index is 12.7. The number of hydrogen-bond donors (Lipinski definition) is 1.